The second kappa shape index (κ2) is 6.32. The molecule has 6 heteroatoms. The normalized spacial score (nSPS) is 11.0. The maximum atomic E-state index is 4.77. The van der Waals surface area contributed by atoms with Gasteiger partial charge in [0.2, 0.25) is 0 Å². The molecule has 0 bridgehead atoms. The van der Waals surface area contributed by atoms with Crippen molar-refractivity contribution in [3.8, 4) is 17.1 Å². The van der Waals surface area contributed by atoms with E-state index >= 15 is 0 Å². The quantitative estimate of drug-likeness (QED) is 0.576. The molecule has 0 N–H and O–H groups in total. The number of rotatable bonds is 4. The Morgan fingerprint density at radius 3 is 2.56 bits per heavy atom. The molecule has 0 fully saturated rings. The van der Waals surface area contributed by atoms with Crippen molar-refractivity contribution in [2.24, 2.45) is 0 Å². The van der Waals surface area contributed by atoms with Crippen LogP contribution >= 0.6 is 0 Å². The van der Waals surface area contributed by atoms with E-state index in [2.05, 4.69) is 34.1 Å². The Balaban J connectivity index is 1.80. The first kappa shape index (κ1) is 15.3. The Hall–Kier alpha value is -3.28. The maximum Gasteiger partial charge on any atom is 0.153 e. The van der Waals surface area contributed by atoms with Crippen LogP contribution in [0.1, 0.15) is 17.1 Å². The molecule has 0 radical (unpaired) electrons. The van der Waals surface area contributed by atoms with E-state index in [1.807, 2.05) is 52.8 Å². The Bertz CT molecular complexity index is 928. The molecule has 0 atom stereocenters. The topological polar surface area (TPSA) is 61.4 Å². The van der Waals surface area contributed by atoms with Crippen LogP contribution in [0.15, 0.2) is 61.1 Å². The second-order valence-corrected chi connectivity index (χ2v) is 5.95. The molecule has 4 heterocycles. The summed E-state index contributed by atoms with van der Waals surface area (Å²) in [7, 11) is 0. The Labute approximate surface area is 145 Å². The molecule has 0 saturated carbocycles. The molecule has 0 aliphatic carbocycles. The first-order valence-electron chi connectivity index (χ1n) is 8.12. The Kier molecular flexibility index (Phi) is 3.85. The Morgan fingerprint density at radius 2 is 1.88 bits per heavy atom. The molecule has 0 saturated heterocycles. The summed E-state index contributed by atoms with van der Waals surface area (Å²) in [4.78, 5) is 8.66. The fourth-order valence-electron chi connectivity index (χ4n) is 2.87. The van der Waals surface area contributed by atoms with Crippen molar-refractivity contribution in [3.05, 3.63) is 78.1 Å². The molecule has 6 nitrogen and oxygen atoms in total. The van der Waals surface area contributed by atoms with E-state index in [0.29, 0.717) is 6.54 Å². The van der Waals surface area contributed by atoms with E-state index in [-0.39, 0.29) is 0 Å². The monoisotopic (exact) mass is 330 g/mol. The molecule has 4 rings (SSSR count). The highest BCUT2D eigenvalue weighted by Gasteiger charge is 2.14. The van der Waals surface area contributed by atoms with E-state index < -0.39 is 0 Å². The molecule has 0 unspecified atom stereocenters. The standard InChI is InChI=1S/C19H18N6/c1-14-10-15(2)24(22-14)13-17-11-18(16-6-5-8-20-12-16)25(23-17)19-7-3-4-9-21-19/h3-12H,13H2,1-2H3. The van der Waals surface area contributed by atoms with Gasteiger partial charge in [0.25, 0.3) is 0 Å². The number of aryl methyl sites for hydroxylation is 2. The second-order valence-electron chi connectivity index (χ2n) is 5.95. The number of aromatic nitrogens is 6. The van der Waals surface area contributed by atoms with Crippen LogP contribution in [0.3, 0.4) is 0 Å². The maximum absolute atomic E-state index is 4.77. The number of hydrogen-bond donors (Lipinski definition) is 0. The summed E-state index contributed by atoms with van der Waals surface area (Å²) in [6.45, 7) is 4.67. The molecule has 4 aromatic heterocycles. The van der Waals surface area contributed by atoms with Crippen molar-refractivity contribution in [2.75, 3.05) is 0 Å². The van der Waals surface area contributed by atoms with Crippen molar-refractivity contribution in [1.29, 1.82) is 0 Å². The van der Waals surface area contributed by atoms with E-state index in [9.17, 15) is 0 Å². The summed E-state index contributed by atoms with van der Waals surface area (Å²) in [5.41, 5.74) is 5.02. The van der Waals surface area contributed by atoms with E-state index in [0.717, 1.165) is 34.2 Å². The van der Waals surface area contributed by atoms with Gasteiger partial charge in [-0.1, -0.05) is 6.07 Å². The highest BCUT2D eigenvalue weighted by Crippen LogP contribution is 2.23. The first-order chi connectivity index (χ1) is 12.2. The van der Waals surface area contributed by atoms with Gasteiger partial charge in [0.1, 0.15) is 0 Å². The summed E-state index contributed by atoms with van der Waals surface area (Å²) in [5.74, 6) is 0.779. The highest BCUT2D eigenvalue weighted by molar-refractivity contribution is 5.61. The average molecular weight is 330 g/mol. The minimum atomic E-state index is 0.618. The SMILES string of the molecule is Cc1cc(C)n(Cc2cc(-c3cccnc3)n(-c3ccccn3)n2)n1. The molecular weight excluding hydrogens is 312 g/mol. The largest absolute Gasteiger partial charge is 0.264 e. The third-order valence-electron chi connectivity index (χ3n) is 4.00. The first-order valence-corrected chi connectivity index (χ1v) is 8.12. The van der Waals surface area contributed by atoms with Crippen LogP contribution in [0.5, 0.6) is 0 Å². The fourth-order valence-corrected chi connectivity index (χ4v) is 2.87. The fraction of sp³-hybridized carbons (Fsp3) is 0.158. The third kappa shape index (κ3) is 3.06. The van der Waals surface area contributed by atoms with Crippen LogP contribution in [0.2, 0.25) is 0 Å². The predicted octanol–water partition coefficient (Wildman–Crippen LogP) is 3.19. The van der Waals surface area contributed by atoms with Gasteiger partial charge in [0, 0.05) is 29.8 Å². The summed E-state index contributed by atoms with van der Waals surface area (Å²) < 4.78 is 3.82. The van der Waals surface area contributed by atoms with E-state index in [1.165, 1.54) is 0 Å². The molecule has 4 aromatic rings. The van der Waals surface area contributed by atoms with Gasteiger partial charge in [-0.3, -0.25) is 9.67 Å². The van der Waals surface area contributed by atoms with E-state index in [4.69, 9.17) is 5.10 Å². The van der Waals surface area contributed by atoms with Gasteiger partial charge in [-0.05, 0) is 50.2 Å². The van der Waals surface area contributed by atoms with Crippen LogP contribution in [0, 0.1) is 13.8 Å². The Morgan fingerprint density at radius 1 is 0.960 bits per heavy atom. The summed E-state index contributed by atoms with van der Waals surface area (Å²) >= 11 is 0. The van der Waals surface area contributed by atoms with Crippen LogP contribution < -0.4 is 0 Å². The molecule has 0 amide bonds. The summed E-state index contributed by atoms with van der Waals surface area (Å²) in [6, 6.07) is 13.9. The molecule has 0 aromatic carbocycles. The number of hydrogen-bond acceptors (Lipinski definition) is 4. The molecule has 25 heavy (non-hydrogen) atoms. The molecule has 0 spiro atoms. The summed E-state index contributed by atoms with van der Waals surface area (Å²) in [6.07, 6.45) is 5.37. The van der Waals surface area contributed by atoms with Crippen molar-refractivity contribution in [2.45, 2.75) is 20.4 Å². The van der Waals surface area contributed by atoms with Gasteiger partial charge in [-0.25, -0.2) is 9.67 Å². The zero-order valence-electron chi connectivity index (χ0n) is 14.2. The van der Waals surface area contributed by atoms with Crippen LogP contribution in [-0.2, 0) is 6.54 Å². The minimum Gasteiger partial charge on any atom is -0.264 e. The lowest BCUT2D eigenvalue weighted by Gasteiger charge is -2.05. The van der Waals surface area contributed by atoms with Crippen molar-refractivity contribution in [3.63, 3.8) is 0 Å². The van der Waals surface area contributed by atoms with Crippen molar-refractivity contribution >= 4 is 0 Å². The molecule has 0 aliphatic rings. The van der Waals surface area contributed by atoms with Gasteiger partial charge in [-0.15, -0.1) is 0 Å². The molecule has 0 aliphatic heterocycles. The van der Waals surface area contributed by atoms with Crippen molar-refractivity contribution < 1.29 is 0 Å². The van der Waals surface area contributed by atoms with Gasteiger partial charge in [0.15, 0.2) is 5.82 Å². The van der Waals surface area contributed by atoms with Crippen LogP contribution in [-0.4, -0.2) is 29.5 Å². The molecule has 124 valence electrons. The lowest BCUT2D eigenvalue weighted by molar-refractivity contribution is 0.638. The predicted molar refractivity (Wildman–Crippen MR) is 95.4 cm³/mol. The molecular formula is C19H18N6. The highest BCUT2D eigenvalue weighted by atomic mass is 15.3. The number of pyridine rings is 2. The van der Waals surface area contributed by atoms with Crippen LogP contribution in [0.4, 0.5) is 0 Å². The smallest absolute Gasteiger partial charge is 0.153 e. The average Bonchev–Trinajstić information content (AvgIpc) is 3.20. The van der Waals surface area contributed by atoms with Gasteiger partial charge in [0.05, 0.1) is 23.6 Å². The van der Waals surface area contributed by atoms with E-state index in [1.54, 1.807) is 12.4 Å². The van der Waals surface area contributed by atoms with Gasteiger partial charge >= 0.3 is 0 Å². The lowest BCUT2D eigenvalue weighted by atomic mass is 10.2. The zero-order chi connectivity index (χ0) is 17.2. The third-order valence-corrected chi connectivity index (χ3v) is 4.00. The van der Waals surface area contributed by atoms with Gasteiger partial charge < -0.3 is 0 Å². The van der Waals surface area contributed by atoms with Crippen molar-refractivity contribution in [1.82, 2.24) is 29.5 Å². The zero-order valence-corrected chi connectivity index (χ0v) is 14.2. The van der Waals surface area contributed by atoms with Gasteiger partial charge in [-0.2, -0.15) is 10.2 Å². The van der Waals surface area contributed by atoms with Crippen LogP contribution in [0.25, 0.3) is 17.1 Å². The minimum absolute atomic E-state index is 0.618. The number of nitrogens with zero attached hydrogens (tertiary/aromatic N) is 6. The lowest BCUT2D eigenvalue weighted by Crippen LogP contribution is -2.06. The summed E-state index contributed by atoms with van der Waals surface area (Å²) in [5, 5.41) is 9.30.